The van der Waals surface area contributed by atoms with Gasteiger partial charge in [-0.1, -0.05) is 48.5 Å². The van der Waals surface area contributed by atoms with Crippen LogP contribution in [0, 0.1) is 0 Å². The zero-order valence-electron chi connectivity index (χ0n) is 19.1. The second-order valence-electron chi connectivity index (χ2n) is 8.82. The summed E-state index contributed by atoms with van der Waals surface area (Å²) in [6.07, 6.45) is -0.0667. The summed E-state index contributed by atoms with van der Waals surface area (Å²) in [5.74, 6) is -3.30. The van der Waals surface area contributed by atoms with Gasteiger partial charge in [0, 0.05) is 51.6 Å². The van der Waals surface area contributed by atoms with E-state index in [1.165, 1.54) is 12.1 Å². The molecular formula is C26H28F2N2O3S. The number of halogens is 2. The van der Waals surface area contributed by atoms with Gasteiger partial charge in [0.1, 0.15) is 0 Å². The molecule has 0 aromatic heterocycles. The summed E-state index contributed by atoms with van der Waals surface area (Å²) >= 11 is 0. The standard InChI is InChI=1S/C26H28F2N2O3S/c1-26(27,28)23-8-4-5-20(17-23)19-29-12-14-30(15-13-29)25(31)11-16-34(32,33)24-10-9-21-6-2-3-7-22(21)18-24/h2-10,17-18H,11-16,19H2,1H3. The second-order valence-corrected chi connectivity index (χ2v) is 10.9. The summed E-state index contributed by atoms with van der Waals surface area (Å²) < 4.78 is 52.7. The SMILES string of the molecule is CC(F)(F)c1cccc(CN2CCN(C(=O)CCS(=O)(=O)c3ccc4ccccc4c3)CC2)c1. The Labute approximate surface area is 198 Å². The number of carbonyl (C=O) groups excluding carboxylic acids is 1. The Kier molecular flexibility index (Phi) is 7.00. The normalized spacial score (nSPS) is 15.6. The number of piperazine rings is 1. The zero-order chi connectivity index (χ0) is 24.3. The largest absolute Gasteiger partial charge is 0.340 e. The molecule has 1 fully saturated rings. The van der Waals surface area contributed by atoms with Crippen molar-refractivity contribution in [2.75, 3.05) is 31.9 Å². The molecule has 34 heavy (non-hydrogen) atoms. The summed E-state index contributed by atoms with van der Waals surface area (Å²) in [6, 6.07) is 19.0. The van der Waals surface area contributed by atoms with Gasteiger partial charge >= 0.3 is 0 Å². The average Bonchev–Trinajstić information content (AvgIpc) is 2.82. The Bertz CT molecular complexity index is 1280. The van der Waals surface area contributed by atoms with E-state index in [0.717, 1.165) is 23.3 Å². The fourth-order valence-electron chi connectivity index (χ4n) is 4.21. The number of benzene rings is 3. The van der Waals surface area contributed by atoms with E-state index in [0.29, 0.717) is 32.7 Å². The lowest BCUT2D eigenvalue weighted by Gasteiger charge is -2.35. The van der Waals surface area contributed by atoms with Crippen LogP contribution in [0.3, 0.4) is 0 Å². The average molecular weight is 487 g/mol. The molecule has 1 amide bonds. The molecule has 1 saturated heterocycles. The molecule has 0 atom stereocenters. The maximum atomic E-state index is 13.6. The Morgan fingerprint density at radius 1 is 0.912 bits per heavy atom. The summed E-state index contributed by atoms with van der Waals surface area (Å²) in [5, 5.41) is 1.81. The van der Waals surface area contributed by atoms with Crippen molar-refractivity contribution >= 4 is 26.5 Å². The third-order valence-corrected chi connectivity index (χ3v) is 7.94. The smallest absolute Gasteiger partial charge is 0.270 e. The van der Waals surface area contributed by atoms with Crippen LogP contribution in [-0.2, 0) is 27.1 Å². The maximum absolute atomic E-state index is 13.6. The molecule has 4 rings (SSSR count). The third-order valence-electron chi connectivity index (χ3n) is 6.23. The number of amides is 1. The lowest BCUT2D eigenvalue weighted by molar-refractivity contribution is -0.132. The van der Waals surface area contributed by atoms with Gasteiger partial charge < -0.3 is 4.90 Å². The molecule has 1 aliphatic heterocycles. The van der Waals surface area contributed by atoms with E-state index >= 15 is 0 Å². The molecule has 0 radical (unpaired) electrons. The number of nitrogens with zero attached hydrogens (tertiary/aromatic N) is 2. The van der Waals surface area contributed by atoms with Crippen molar-refractivity contribution in [3.63, 3.8) is 0 Å². The lowest BCUT2D eigenvalue weighted by atomic mass is 10.1. The minimum absolute atomic E-state index is 0.00793. The van der Waals surface area contributed by atoms with Gasteiger partial charge in [-0.25, -0.2) is 17.2 Å². The van der Waals surface area contributed by atoms with Crippen molar-refractivity contribution in [3.05, 3.63) is 77.9 Å². The maximum Gasteiger partial charge on any atom is 0.270 e. The highest BCUT2D eigenvalue weighted by molar-refractivity contribution is 7.91. The molecule has 0 unspecified atom stereocenters. The number of carbonyl (C=O) groups is 1. The van der Waals surface area contributed by atoms with Gasteiger partial charge in [0.15, 0.2) is 9.84 Å². The molecule has 0 saturated carbocycles. The molecule has 0 aliphatic carbocycles. The number of fused-ring (bicyclic) bond motifs is 1. The number of hydrogen-bond acceptors (Lipinski definition) is 4. The number of hydrogen-bond donors (Lipinski definition) is 0. The van der Waals surface area contributed by atoms with Gasteiger partial charge in [-0.05, 0) is 34.5 Å². The number of alkyl halides is 2. The van der Waals surface area contributed by atoms with Crippen LogP contribution in [0.4, 0.5) is 8.78 Å². The molecule has 3 aromatic carbocycles. The first-order valence-corrected chi connectivity index (χ1v) is 13.0. The van der Waals surface area contributed by atoms with Gasteiger partial charge in [0.2, 0.25) is 5.91 Å². The second kappa shape index (κ2) is 9.80. The zero-order valence-corrected chi connectivity index (χ0v) is 19.9. The summed E-state index contributed by atoms with van der Waals surface area (Å²) in [7, 11) is -3.57. The van der Waals surface area contributed by atoms with Gasteiger partial charge in [-0.3, -0.25) is 9.69 Å². The Morgan fingerprint density at radius 2 is 1.62 bits per heavy atom. The molecular weight excluding hydrogens is 458 g/mol. The molecule has 0 spiro atoms. The molecule has 8 heteroatoms. The van der Waals surface area contributed by atoms with Gasteiger partial charge in [0.05, 0.1) is 10.6 Å². The molecule has 180 valence electrons. The topological polar surface area (TPSA) is 57.7 Å². The predicted molar refractivity (Wildman–Crippen MR) is 128 cm³/mol. The molecule has 5 nitrogen and oxygen atoms in total. The minimum Gasteiger partial charge on any atom is -0.340 e. The van der Waals surface area contributed by atoms with Crippen LogP contribution in [0.2, 0.25) is 0 Å². The summed E-state index contributed by atoms with van der Waals surface area (Å²) in [6.45, 7) is 3.60. The monoisotopic (exact) mass is 486 g/mol. The Balaban J connectivity index is 1.29. The first-order valence-electron chi connectivity index (χ1n) is 11.3. The molecule has 1 heterocycles. The van der Waals surface area contributed by atoms with Crippen LogP contribution >= 0.6 is 0 Å². The van der Waals surface area contributed by atoms with E-state index < -0.39 is 15.8 Å². The highest BCUT2D eigenvalue weighted by Gasteiger charge is 2.26. The van der Waals surface area contributed by atoms with Crippen molar-refractivity contribution in [1.82, 2.24) is 9.80 Å². The van der Waals surface area contributed by atoms with E-state index in [4.69, 9.17) is 0 Å². The molecule has 3 aromatic rings. The van der Waals surface area contributed by atoms with Gasteiger partial charge in [-0.2, -0.15) is 0 Å². The van der Waals surface area contributed by atoms with E-state index in [2.05, 4.69) is 4.90 Å². The van der Waals surface area contributed by atoms with Crippen LogP contribution < -0.4 is 0 Å². The van der Waals surface area contributed by atoms with Crippen molar-refractivity contribution < 1.29 is 22.0 Å². The van der Waals surface area contributed by atoms with E-state index in [9.17, 15) is 22.0 Å². The van der Waals surface area contributed by atoms with Crippen molar-refractivity contribution in [3.8, 4) is 0 Å². The fraction of sp³-hybridized carbons (Fsp3) is 0.346. The Hall–Kier alpha value is -2.84. The molecule has 0 N–H and O–H groups in total. The molecule has 1 aliphatic rings. The van der Waals surface area contributed by atoms with Crippen molar-refractivity contribution in [1.29, 1.82) is 0 Å². The van der Waals surface area contributed by atoms with Crippen LogP contribution in [0.1, 0.15) is 24.5 Å². The van der Waals surface area contributed by atoms with E-state index in [1.54, 1.807) is 29.2 Å². The number of rotatable bonds is 7. The van der Waals surface area contributed by atoms with Crippen LogP contribution in [0.25, 0.3) is 10.8 Å². The van der Waals surface area contributed by atoms with Gasteiger partial charge in [0.25, 0.3) is 5.92 Å². The van der Waals surface area contributed by atoms with Crippen LogP contribution in [0.15, 0.2) is 71.6 Å². The highest BCUT2D eigenvalue weighted by atomic mass is 32.2. The van der Waals surface area contributed by atoms with Gasteiger partial charge in [-0.15, -0.1) is 0 Å². The van der Waals surface area contributed by atoms with E-state index in [-0.39, 0.29) is 28.5 Å². The molecule has 0 bridgehead atoms. The Morgan fingerprint density at radius 3 is 2.32 bits per heavy atom. The first-order chi connectivity index (χ1) is 16.1. The number of sulfone groups is 1. The van der Waals surface area contributed by atoms with E-state index in [1.807, 2.05) is 30.3 Å². The van der Waals surface area contributed by atoms with Crippen molar-refractivity contribution in [2.45, 2.75) is 30.7 Å². The highest BCUT2D eigenvalue weighted by Crippen LogP contribution is 2.27. The first kappa shape index (κ1) is 24.3. The van der Waals surface area contributed by atoms with Crippen LogP contribution in [-0.4, -0.2) is 56.1 Å². The predicted octanol–water partition coefficient (Wildman–Crippen LogP) is 4.46. The van der Waals surface area contributed by atoms with Crippen molar-refractivity contribution in [2.24, 2.45) is 0 Å². The quantitative estimate of drug-likeness (QED) is 0.495. The third kappa shape index (κ3) is 5.80. The minimum atomic E-state index is -3.57. The fourth-order valence-corrected chi connectivity index (χ4v) is 5.48. The summed E-state index contributed by atoms with van der Waals surface area (Å²) in [4.78, 5) is 16.7. The van der Waals surface area contributed by atoms with Crippen LogP contribution in [0.5, 0.6) is 0 Å². The lowest BCUT2D eigenvalue weighted by Crippen LogP contribution is -2.48. The summed E-state index contributed by atoms with van der Waals surface area (Å²) in [5.41, 5.74) is 0.798.